The highest BCUT2D eigenvalue weighted by Crippen LogP contribution is 2.39. The summed E-state index contributed by atoms with van der Waals surface area (Å²) in [6.07, 6.45) is -11.7. The van der Waals surface area contributed by atoms with Crippen LogP contribution in [0, 0.1) is 6.92 Å². The van der Waals surface area contributed by atoms with E-state index in [2.05, 4.69) is 41.3 Å². The summed E-state index contributed by atoms with van der Waals surface area (Å²) in [7, 11) is 0. The van der Waals surface area contributed by atoms with Gasteiger partial charge in [0.05, 0.1) is 22.8 Å². The van der Waals surface area contributed by atoms with Crippen molar-refractivity contribution in [3.8, 4) is 11.4 Å². The van der Waals surface area contributed by atoms with Crippen LogP contribution < -0.4 is 15.5 Å². The summed E-state index contributed by atoms with van der Waals surface area (Å²) in [5.74, 6) is -1.21. The zero-order chi connectivity index (χ0) is 27.8. The van der Waals surface area contributed by atoms with Gasteiger partial charge < -0.3 is 15.5 Å². The van der Waals surface area contributed by atoms with Gasteiger partial charge in [-0.15, -0.1) is 10.2 Å². The predicted molar refractivity (Wildman–Crippen MR) is 125 cm³/mol. The number of alkyl halides is 6. The fraction of sp³-hybridized carbons (Fsp3) is 0.476. The minimum atomic E-state index is -5.03. The topological polar surface area (TPSA) is 117 Å². The number of nitrogens with one attached hydrogen (secondary N) is 3. The molecule has 2 atom stereocenters. The van der Waals surface area contributed by atoms with Crippen molar-refractivity contribution in [2.24, 2.45) is 0 Å². The SMILES string of the molecule is Cc1c(Cl)c(C(F)(F)F)nn1[C@@H](CC(F)(F)F)C(=O)Nc1ccc(N2CCN[C@@H](C)C2)cc1-c1nn[nH]n1. The van der Waals surface area contributed by atoms with E-state index in [0.717, 1.165) is 19.2 Å². The molecule has 0 unspecified atom stereocenters. The first kappa shape index (κ1) is 27.6. The summed E-state index contributed by atoms with van der Waals surface area (Å²) >= 11 is 5.72. The van der Waals surface area contributed by atoms with Crippen LogP contribution in [-0.2, 0) is 11.0 Å². The molecule has 4 rings (SSSR count). The van der Waals surface area contributed by atoms with E-state index in [9.17, 15) is 31.1 Å². The summed E-state index contributed by atoms with van der Waals surface area (Å²) in [6.45, 7) is 5.13. The molecule has 3 N–H and O–H groups in total. The lowest BCUT2D eigenvalue weighted by molar-refractivity contribution is -0.152. The number of carbonyl (C=O) groups excluding carboxylic acids is 1. The van der Waals surface area contributed by atoms with Crippen molar-refractivity contribution in [2.75, 3.05) is 29.9 Å². The zero-order valence-electron chi connectivity index (χ0n) is 20.0. The van der Waals surface area contributed by atoms with E-state index in [1.54, 1.807) is 12.1 Å². The first-order valence-corrected chi connectivity index (χ1v) is 11.7. The van der Waals surface area contributed by atoms with Gasteiger partial charge in [-0.3, -0.25) is 9.48 Å². The maximum Gasteiger partial charge on any atom is 0.436 e. The average molecular weight is 566 g/mol. The van der Waals surface area contributed by atoms with Crippen molar-refractivity contribution in [2.45, 2.75) is 44.7 Å². The molecule has 2 aromatic heterocycles. The standard InChI is InChI=1S/C21H22ClF6N9O/c1-10-9-36(6-5-29-10)12-3-4-14(13(7-12)18-31-34-35-32-18)30-19(38)15(8-20(23,24)25)37-11(2)16(22)17(33-37)21(26,27)28/h3-4,7,10,15,29H,5-6,8-9H2,1-2H3,(H,30,38)(H,31,32,34,35)/t10-,15-/m0/s1. The van der Waals surface area contributed by atoms with Crippen LogP contribution in [0.5, 0.6) is 0 Å². The Morgan fingerprint density at radius 1 is 1.26 bits per heavy atom. The Morgan fingerprint density at radius 2 is 2.00 bits per heavy atom. The van der Waals surface area contributed by atoms with Crippen LogP contribution in [0.25, 0.3) is 11.4 Å². The quantitative estimate of drug-likeness (QED) is 0.387. The predicted octanol–water partition coefficient (Wildman–Crippen LogP) is 3.97. The number of H-pyrrole nitrogens is 1. The highest BCUT2D eigenvalue weighted by atomic mass is 35.5. The molecule has 0 radical (unpaired) electrons. The summed E-state index contributed by atoms with van der Waals surface area (Å²) in [6, 6.07) is 2.78. The normalized spacial score (nSPS) is 17.5. The van der Waals surface area contributed by atoms with Crippen LogP contribution in [0.4, 0.5) is 37.7 Å². The zero-order valence-corrected chi connectivity index (χ0v) is 20.7. The number of anilines is 2. The lowest BCUT2D eigenvalue weighted by atomic mass is 10.1. The highest BCUT2D eigenvalue weighted by Gasteiger charge is 2.42. The van der Waals surface area contributed by atoms with E-state index in [1.807, 2.05) is 6.92 Å². The molecular formula is C21H22ClF6N9O. The van der Waals surface area contributed by atoms with E-state index < -0.39 is 47.1 Å². The van der Waals surface area contributed by atoms with Gasteiger partial charge in [-0.2, -0.15) is 36.7 Å². The molecule has 206 valence electrons. The molecule has 1 amide bonds. The van der Waals surface area contributed by atoms with Crippen molar-refractivity contribution in [1.82, 2.24) is 35.7 Å². The van der Waals surface area contributed by atoms with Crippen LogP contribution in [0.3, 0.4) is 0 Å². The second-order valence-electron chi connectivity index (χ2n) is 8.78. The lowest BCUT2D eigenvalue weighted by Gasteiger charge is -2.34. The van der Waals surface area contributed by atoms with Crippen molar-refractivity contribution >= 4 is 28.9 Å². The summed E-state index contributed by atoms with van der Waals surface area (Å²) < 4.78 is 80.6. The molecule has 0 spiro atoms. The van der Waals surface area contributed by atoms with E-state index in [-0.39, 0.29) is 23.1 Å². The van der Waals surface area contributed by atoms with Crippen molar-refractivity contribution in [3.63, 3.8) is 0 Å². The first-order chi connectivity index (χ1) is 17.7. The van der Waals surface area contributed by atoms with Gasteiger partial charge in [-0.25, -0.2) is 0 Å². The second-order valence-corrected chi connectivity index (χ2v) is 9.16. The third-order valence-corrected chi connectivity index (χ3v) is 6.40. The number of benzene rings is 1. The number of piperazine rings is 1. The number of hydrogen-bond acceptors (Lipinski definition) is 7. The second kappa shape index (κ2) is 10.4. The largest absolute Gasteiger partial charge is 0.436 e. The van der Waals surface area contributed by atoms with Gasteiger partial charge >= 0.3 is 12.4 Å². The number of nitrogens with zero attached hydrogens (tertiary/aromatic N) is 6. The Hall–Kier alpha value is -3.40. The molecule has 38 heavy (non-hydrogen) atoms. The van der Waals surface area contributed by atoms with Gasteiger partial charge in [0, 0.05) is 36.9 Å². The number of tetrazole rings is 1. The number of carbonyl (C=O) groups is 1. The van der Waals surface area contributed by atoms with Crippen LogP contribution in [0.1, 0.15) is 30.8 Å². The molecule has 1 saturated heterocycles. The Morgan fingerprint density at radius 3 is 2.58 bits per heavy atom. The Labute approximate surface area is 216 Å². The Bertz CT molecular complexity index is 1290. The number of halogens is 7. The van der Waals surface area contributed by atoms with Crippen molar-refractivity contribution < 1.29 is 31.1 Å². The Kier molecular flexibility index (Phi) is 7.56. The molecule has 17 heteroatoms. The van der Waals surface area contributed by atoms with Crippen LogP contribution in [0.15, 0.2) is 18.2 Å². The molecule has 1 aliphatic heterocycles. The van der Waals surface area contributed by atoms with Crippen molar-refractivity contribution in [3.05, 3.63) is 34.6 Å². The minimum Gasteiger partial charge on any atom is -0.369 e. The van der Waals surface area contributed by atoms with Gasteiger partial charge in [0.15, 0.2) is 5.69 Å². The fourth-order valence-corrected chi connectivity index (χ4v) is 4.41. The number of aromatic nitrogens is 6. The van der Waals surface area contributed by atoms with E-state index in [1.165, 1.54) is 6.07 Å². The molecule has 1 aromatic carbocycles. The summed E-state index contributed by atoms with van der Waals surface area (Å²) in [5.41, 5.74) is -1.01. The van der Waals surface area contributed by atoms with Gasteiger partial charge in [0.25, 0.3) is 0 Å². The van der Waals surface area contributed by atoms with Gasteiger partial charge in [-0.1, -0.05) is 11.6 Å². The van der Waals surface area contributed by atoms with Gasteiger partial charge in [0.1, 0.15) is 6.04 Å². The number of aromatic amines is 1. The molecule has 0 saturated carbocycles. The molecular weight excluding hydrogens is 544 g/mol. The average Bonchev–Trinajstić information content (AvgIpc) is 3.46. The lowest BCUT2D eigenvalue weighted by Crippen LogP contribution is -2.49. The third kappa shape index (κ3) is 6.01. The monoisotopic (exact) mass is 565 g/mol. The molecule has 0 aliphatic carbocycles. The fourth-order valence-electron chi connectivity index (χ4n) is 4.17. The molecule has 3 aromatic rings. The smallest absolute Gasteiger partial charge is 0.369 e. The van der Waals surface area contributed by atoms with E-state index in [4.69, 9.17) is 11.6 Å². The maximum absolute atomic E-state index is 13.4. The number of hydrogen-bond donors (Lipinski definition) is 3. The molecule has 1 fully saturated rings. The molecule has 10 nitrogen and oxygen atoms in total. The Balaban J connectivity index is 1.71. The summed E-state index contributed by atoms with van der Waals surface area (Å²) in [4.78, 5) is 15.3. The molecule has 3 heterocycles. The van der Waals surface area contributed by atoms with Crippen LogP contribution in [0.2, 0.25) is 5.02 Å². The highest BCUT2D eigenvalue weighted by molar-refractivity contribution is 6.32. The van der Waals surface area contributed by atoms with Gasteiger partial charge in [-0.05, 0) is 37.3 Å². The number of rotatable bonds is 6. The van der Waals surface area contributed by atoms with Gasteiger partial charge in [0.2, 0.25) is 11.7 Å². The first-order valence-electron chi connectivity index (χ1n) is 11.3. The number of amides is 1. The van der Waals surface area contributed by atoms with E-state index >= 15 is 0 Å². The molecule has 0 bridgehead atoms. The maximum atomic E-state index is 13.4. The van der Waals surface area contributed by atoms with Crippen LogP contribution in [-0.4, -0.2) is 68.2 Å². The summed E-state index contributed by atoms with van der Waals surface area (Å²) in [5, 5.41) is 21.6. The third-order valence-electron chi connectivity index (χ3n) is 5.95. The van der Waals surface area contributed by atoms with Crippen molar-refractivity contribution in [1.29, 1.82) is 0 Å². The molecule has 1 aliphatic rings. The van der Waals surface area contributed by atoms with E-state index in [0.29, 0.717) is 17.8 Å². The minimum absolute atomic E-state index is 0.0301. The van der Waals surface area contributed by atoms with Crippen LogP contribution >= 0.6 is 11.6 Å².